The number of pyridine rings is 1. The van der Waals surface area contributed by atoms with E-state index in [1.54, 1.807) is 22.6 Å². The van der Waals surface area contributed by atoms with Gasteiger partial charge in [0.15, 0.2) is 0 Å². The monoisotopic (exact) mass is 376 g/mol. The van der Waals surface area contributed by atoms with Gasteiger partial charge in [0.25, 0.3) is 12.3 Å². The maximum Gasteiger partial charge on any atom is 0.281 e. The average molecular weight is 377 g/mol. The van der Waals surface area contributed by atoms with E-state index in [4.69, 9.17) is 5.73 Å². The maximum atomic E-state index is 12.3. The standard InChI is InChI=1S/C7H4BrF2IN2O/c8-3-1-2(7(12)14)6(11)13-4(3)5(9)10/h1,5H,(H2,12,14). The van der Waals surface area contributed by atoms with Gasteiger partial charge in [-0.3, -0.25) is 4.79 Å². The van der Waals surface area contributed by atoms with E-state index >= 15 is 0 Å². The van der Waals surface area contributed by atoms with Crippen LogP contribution in [-0.2, 0) is 0 Å². The summed E-state index contributed by atoms with van der Waals surface area (Å²) in [6.07, 6.45) is -2.68. The summed E-state index contributed by atoms with van der Waals surface area (Å²) in [6, 6.07) is 1.25. The first-order chi connectivity index (χ1) is 6.43. The number of nitrogens with zero attached hydrogens (tertiary/aromatic N) is 1. The topological polar surface area (TPSA) is 56.0 Å². The second-order valence-electron chi connectivity index (χ2n) is 2.36. The molecule has 0 radical (unpaired) electrons. The number of rotatable bonds is 2. The lowest BCUT2D eigenvalue weighted by atomic mass is 10.2. The number of carbonyl (C=O) groups is 1. The summed E-state index contributed by atoms with van der Waals surface area (Å²) in [6.45, 7) is 0. The second kappa shape index (κ2) is 4.47. The Hall–Kier alpha value is -0.310. The Morgan fingerprint density at radius 3 is 2.64 bits per heavy atom. The van der Waals surface area contributed by atoms with E-state index in [2.05, 4.69) is 20.9 Å². The molecule has 1 rings (SSSR count). The van der Waals surface area contributed by atoms with Gasteiger partial charge >= 0.3 is 0 Å². The lowest BCUT2D eigenvalue weighted by Crippen LogP contribution is -2.14. The zero-order chi connectivity index (χ0) is 10.9. The molecule has 7 heteroatoms. The molecule has 1 aromatic heterocycles. The lowest BCUT2D eigenvalue weighted by molar-refractivity contribution is 0.0997. The van der Waals surface area contributed by atoms with Gasteiger partial charge in [0.05, 0.1) is 5.56 Å². The van der Waals surface area contributed by atoms with Crippen LogP contribution in [0.3, 0.4) is 0 Å². The zero-order valence-electron chi connectivity index (χ0n) is 6.60. The lowest BCUT2D eigenvalue weighted by Gasteiger charge is -2.05. The van der Waals surface area contributed by atoms with Gasteiger partial charge in [-0.05, 0) is 44.6 Å². The highest BCUT2D eigenvalue weighted by atomic mass is 127. The molecule has 1 amide bonds. The number of nitrogens with two attached hydrogens (primary N) is 1. The molecule has 76 valence electrons. The van der Waals surface area contributed by atoms with Crippen molar-refractivity contribution in [3.8, 4) is 0 Å². The highest BCUT2D eigenvalue weighted by Gasteiger charge is 2.18. The van der Waals surface area contributed by atoms with Crippen LogP contribution in [0.2, 0.25) is 0 Å². The van der Waals surface area contributed by atoms with Crippen molar-refractivity contribution >= 4 is 44.4 Å². The molecule has 0 saturated heterocycles. The molecule has 0 spiro atoms. The van der Waals surface area contributed by atoms with Crippen molar-refractivity contribution < 1.29 is 13.6 Å². The SMILES string of the molecule is NC(=O)c1cc(Br)c(C(F)F)nc1I. The van der Waals surface area contributed by atoms with E-state index in [1.165, 1.54) is 6.07 Å². The summed E-state index contributed by atoms with van der Waals surface area (Å²) < 4.78 is 24.9. The van der Waals surface area contributed by atoms with Gasteiger partial charge in [0.1, 0.15) is 9.39 Å². The maximum absolute atomic E-state index is 12.3. The van der Waals surface area contributed by atoms with E-state index in [1.807, 2.05) is 0 Å². The van der Waals surface area contributed by atoms with Crippen molar-refractivity contribution in [2.75, 3.05) is 0 Å². The first-order valence-electron chi connectivity index (χ1n) is 3.37. The molecule has 0 aliphatic heterocycles. The molecule has 0 saturated carbocycles. The van der Waals surface area contributed by atoms with Gasteiger partial charge in [0, 0.05) is 4.47 Å². The van der Waals surface area contributed by atoms with E-state index in [0.29, 0.717) is 0 Å². The number of alkyl halides is 2. The zero-order valence-corrected chi connectivity index (χ0v) is 10.3. The van der Waals surface area contributed by atoms with E-state index in [-0.39, 0.29) is 19.4 Å². The summed E-state index contributed by atoms with van der Waals surface area (Å²) in [5.74, 6) is -0.691. The highest BCUT2D eigenvalue weighted by Crippen LogP contribution is 2.27. The predicted octanol–water partition coefficient (Wildman–Crippen LogP) is 2.49. The molecule has 14 heavy (non-hydrogen) atoms. The summed E-state index contributed by atoms with van der Waals surface area (Å²) in [4.78, 5) is 14.4. The van der Waals surface area contributed by atoms with Gasteiger partial charge in [-0.25, -0.2) is 13.8 Å². The molecular weight excluding hydrogens is 373 g/mol. The van der Waals surface area contributed by atoms with Crippen molar-refractivity contribution in [2.45, 2.75) is 6.43 Å². The van der Waals surface area contributed by atoms with Gasteiger partial charge < -0.3 is 5.73 Å². The molecule has 3 nitrogen and oxygen atoms in total. The summed E-state index contributed by atoms with van der Waals surface area (Å²) in [7, 11) is 0. The third-order valence-electron chi connectivity index (χ3n) is 1.43. The molecular formula is C7H4BrF2IN2O. The van der Waals surface area contributed by atoms with Crippen LogP contribution in [0.5, 0.6) is 0 Å². The summed E-state index contributed by atoms with van der Waals surface area (Å²) >= 11 is 4.58. The van der Waals surface area contributed by atoms with E-state index in [9.17, 15) is 13.6 Å². The second-order valence-corrected chi connectivity index (χ2v) is 4.23. The van der Waals surface area contributed by atoms with Crippen molar-refractivity contribution in [1.29, 1.82) is 0 Å². The van der Waals surface area contributed by atoms with Crippen LogP contribution in [0.25, 0.3) is 0 Å². The Morgan fingerprint density at radius 2 is 2.21 bits per heavy atom. The molecule has 0 fully saturated rings. The van der Waals surface area contributed by atoms with Crippen molar-refractivity contribution in [3.63, 3.8) is 0 Å². The number of hydrogen-bond donors (Lipinski definition) is 1. The van der Waals surface area contributed by atoms with E-state index < -0.39 is 12.3 Å². The highest BCUT2D eigenvalue weighted by molar-refractivity contribution is 14.1. The summed E-state index contributed by atoms with van der Waals surface area (Å²) in [5.41, 5.74) is 4.75. The average Bonchev–Trinajstić information content (AvgIpc) is 2.07. The first-order valence-corrected chi connectivity index (χ1v) is 5.24. The minimum atomic E-state index is -2.68. The Kier molecular flexibility index (Phi) is 3.76. The Morgan fingerprint density at radius 1 is 1.64 bits per heavy atom. The fourth-order valence-corrected chi connectivity index (χ4v) is 1.98. The number of halogens is 4. The molecule has 0 unspecified atom stereocenters. The number of hydrogen-bond acceptors (Lipinski definition) is 2. The normalized spacial score (nSPS) is 10.6. The van der Waals surface area contributed by atoms with Crippen LogP contribution in [-0.4, -0.2) is 10.9 Å². The van der Waals surface area contributed by atoms with Crippen LogP contribution in [0.4, 0.5) is 8.78 Å². The van der Waals surface area contributed by atoms with Gasteiger partial charge in [-0.2, -0.15) is 0 Å². The third kappa shape index (κ3) is 2.38. The van der Waals surface area contributed by atoms with Gasteiger partial charge in [0.2, 0.25) is 0 Å². The molecule has 0 bridgehead atoms. The molecule has 0 atom stereocenters. The third-order valence-corrected chi connectivity index (χ3v) is 2.89. The van der Waals surface area contributed by atoms with Crippen molar-refractivity contribution in [2.24, 2.45) is 5.73 Å². The van der Waals surface area contributed by atoms with Crippen LogP contribution in [0, 0.1) is 3.70 Å². The molecule has 1 aromatic rings. The minimum absolute atomic E-state index is 0.0849. The van der Waals surface area contributed by atoms with Crippen LogP contribution < -0.4 is 5.73 Å². The van der Waals surface area contributed by atoms with Crippen molar-refractivity contribution in [3.05, 3.63) is 25.5 Å². The van der Waals surface area contributed by atoms with Crippen LogP contribution in [0.15, 0.2) is 10.5 Å². The Labute approximate surface area is 100 Å². The Bertz CT molecular complexity index is 386. The predicted molar refractivity (Wildman–Crippen MR) is 58.1 cm³/mol. The molecule has 0 aliphatic carbocycles. The molecule has 1 heterocycles. The van der Waals surface area contributed by atoms with Gasteiger partial charge in [-0.1, -0.05) is 0 Å². The van der Waals surface area contributed by atoms with Crippen LogP contribution >= 0.6 is 38.5 Å². The number of primary amides is 1. The largest absolute Gasteiger partial charge is 0.366 e. The van der Waals surface area contributed by atoms with Crippen LogP contribution in [0.1, 0.15) is 22.5 Å². The molecule has 0 aliphatic rings. The quantitative estimate of drug-likeness (QED) is 0.636. The fourth-order valence-electron chi connectivity index (χ4n) is 0.805. The van der Waals surface area contributed by atoms with Crippen molar-refractivity contribution in [1.82, 2.24) is 4.98 Å². The summed E-state index contributed by atoms with van der Waals surface area (Å²) in [5, 5.41) is 0. The minimum Gasteiger partial charge on any atom is -0.366 e. The Balaban J connectivity index is 3.31. The molecule has 0 aromatic carbocycles. The van der Waals surface area contributed by atoms with Gasteiger partial charge in [-0.15, -0.1) is 0 Å². The molecule has 2 N–H and O–H groups in total. The number of carbonyl (C=O) groups excluding carboxylic acids is 1. The number of amides is 1. The number of aromatic nitrogens is 1. The fraction of sp³-hybridized carbons (Fsp3) is 0.143. The first kappa shape index (κ1) is 11.8. The smallest absolute Gasteiger partial charge is 0.281 e. The van der Waals surface area contributed by atoms with E-state index in [0.717, 1.165) is 0 Å².